The number of ether oxygens (including phenoxy) is 1. The molecule has 2 aliphatic carbocycles. The van der Waals surface area contributed by atoms with Crippen LogP contribution in [0.4, 0.5) is 0 Å². The molecule has 16 heavy (non-hydrogen) atoms. The number of carbonyl (C=O) groups is 1. The van der Waals surface area contributed by atoms with E-state index in [4.69, 9.17) is 4.74 Å². The molecule has 3 rings (SSSR count). The largest absolute Gasteiger partial charge is 0.452 e. The molecule has 80 valence electrons. The first kappa shape index (κ1) is 10.1. The first-order valence-electron chi connectivity index (χ1n) is 5.10. The molecule has 0 saturated carbocycles. The quantitative estimate of drug-likeness (QED) is 0.506. The van der Waals surface area contributed by atoms with Gasteiger partial charge in [0.1, 0.15) is 12.0 Å². The van der Waals surface area contributed by atoms with Gasteiger partial charge in [-0.15, -0.1) is 0 Å². The molecule has 3 aliphatic rings. The van der Waals surface area contributed by atoms with Crippen molar-refractivity contribution in [2.45, 2.75) is 6.10 Å². The van der Waals surface area contributed by atoms with E-state index < -0.39 is 0 Å². The van der Waals surface area contributed by atoms with Crippen LogP contribution < -0.4 is 0 Å². The molecule has 0 fully saturated rings. The Bertz CT molecular complexity index is 506. The van der Waals surface area contributed by atoms with Crippen molar-refractivity contribution in [1.82, 2.24) is 0 Å². The monoisotopic (exact) mass is 324 g/mol. The highest BCUT2D eigenvalue weighted by molar-refractivity contribution is 14.1. The summed E-state index contributed by atoms with van der Waals surface area (Å²) in [5.41, 5.74) is 2.17. The number of fused-ring (bicyclic) bond motifs is 2. The van der Waals surface area contributed by atoms with Crippen molar-refractivity contribution in [3.05, 3.63) is 57.3 Å². The van der Waals surface area contributed by atoms with Crippen LogP contribution in [0.5, 0.6) is 0 Å². The number of esters is 1. The summed E-state index contributed by atoms with van der Waals surface area (Å²) in [6.45, 7) is 0. The predicted molar refractivity (Wildman–Crippen MR) is 69.9 cm³/mol. The minimum atomic E-state index is -0.218. The lowest BCUT2D eigenvalue weighted by Crippen LogP contribution is -2.32. The van der Waals surface area contributed by atoms with Gasteiger partial charge in [-0.1, -0.05) is 30.4 Å². The maximum absolute atomic E-state index is 11.8. The molecule has 0 saturated heterocycles. The van der Waals surface area contributed by atoms with Gasteiger partial charge in [-0.05, 0) is 40.3 Å². The Balaban J connectivity index is 2.14. The molecule has 1 heterocycles. The van der Waals surface area contributed by atoms with Crippen LogP contribution in [-0.2, 0) is 9.53 Å². The van der Waals surface area contributed by atoms with Gasteiger partial charge in [-0.25, -0.2) is 0 Å². The number of hydrogen-bond donors (Lipinski definition) is 0. The van der Waals surface area contributed by atoms with Gasteiger partial charge < -0.3 is 4.74 Å². The molecular weight excluding hydrogens is 315 g/mol. The van der Waals surface area contributed by atoms with Gasteiger partial charge in [-0.2, -0.15) is 0 Å². The van der Waals surface area contributed by atoms with Crippen LogP contribution in [0.25, 0.3) is 0 Å². The summed E-state index contributed by atoms with van der Waals surface area (Å²) in [7, 11) is 0. The van der Waals surface area contributed by atoms with Crippen molar-refractivity contribution < 1.29 is 9.53 Å². The van der Waals surface area contributed by atoms with Crippen molar-refractivity contribution in [3.8, 4) is 0 Å². The fraction of sp³-hybridized carbons (Fsp3) is 0.154. The molecule has 2 atom stereocenters. The highest BCUT2D eigenvalue weighted by Crippen LogP contribution is 2.35. The maximum Gasteiger partial charge on any atom is 0.318 e. The first-order chi connectivity index (χ1) is 7.75. The molecule has 0 aromatic rings. The third-order valence-electron chi connectivity index (χ3n) is 2.90. The average molecular weight is 324 g/mol. The van der Waals surface area contributed by atoms with Gasteiger partial charge in [0.2, 0.25) is 0 Å². The van der Waals surface area contributed by atoms with Crippen molar-refractivity contribution in [1.29, 1.82) is 0 Å². The Morgan fingerprint density at radius 1 is 1.12 bits per heavy atom. The molecule has 1 aliphatic heterocycles. The number of allylic oxidation sites excluding steroid dienone is 5. The van der Waals surface area contributed by atoms with Gasteiger partial charge in [-0.3, -0.25) is 4.79 Å². The molecule has 0 bridgehead atoms. The molecule has 0 N–H and O–H groups in total. The maximum atomic E-state index is 11.8. The molecular formula is C13H9IO2. The first-order valence-corrected chi connectivity index (χ1v) is 6.18. The van der Waals surface area contributed by atoms with E-state index in [1.807, 2.05) is 42.5 Å². The SMILES string of the molecule is O=C1OC2C=C(I)C=CC2=C2C=CC=CC12. The molecule has 0 spiro atoms. The van der Waals surface area contributed by atoms with Gasteiger partial charge >= 0.3 is 5.97 Å². The topological polar surface area (TPSA) is 26.3 Å². The summed E-state index contributed by atoms with van der Waals surface area (Å²) in [5.74, 6) is -0.370. The lowest BCUT2D eigenvalue weighted by atomic mass is 9.84. The molecule has 0 radical (unpaired) electrons. The van der Waals surface area contributed by atoms with Crippen molar-refractivity contribution >= 4 is 28.6 Å². The standard InChI is InChI=1S/C13H9IO2/c14-8-5-6-10-9-3-1-2-4-11(9)13(15)16-12(10)7-8/h1-7,11-12H. The molecule has 2 nitrogen and oxygen atoms in total. The summed E-state index contributed by atoms with van der Waals surface area (Å²) >= 11 is 2.23. The van der Waals surface area contributed by atoms with E-state index >= 15 is 0 Å². The number of halogens is 1. The summed E-state index contributed by atoms with van der Waals surface area (Å²) in [5, 5.41) is 0. The van der Waals surface area contributed by atoms with Gasteiger partial charge in [0.15, 0.2) is 0 Å². The van der Waals surface area contributed by atoms with Crippen molar-refractivity contribution in [2.24, 2.45) is 5.92 Å². The number of rotatable bonds is 0. The summed E-state index contributed by atoms with van der Waals surface area (Å²) in [4.78, 5) is 11.8. The minimum Gasteiger partial charge on any atom is -0.452 e. The van der Waals surface area contributed by atoms with Gasteiger partial charge in [0.25, 0.3) is 0 Å². The molecule has 2 unspecified atom stereocenters. The van der Waals surface area contributed by atoms with Crippen LogP contribution in [0.15, 0.2) is 57.3 Å². The molecule has 0 aromatic carbocycles. The Hall–Kier alpha value is -1.10. The van der Waals surface area contributed by atoms with Crippen molar-refractivity contribution in [3.63, 3.8) is 0 Å². The smallest absolute Gasteiger partial charge is 0.318 e. The Morgan fingerprint density at radius 3 is 2.88 bits per heavy atom. The lowest BCUT2D eigenvalue weighted by Gasteiger charge is -2.30. The van der Waals surface area contributed by atoms with Gasteiger partial charge in [0.05, 0.1) is 0 Å². The van der Waals surface area contributed by atoms with Crippen molar-refractivity contribution in [2.75, 3.05) is 0 Å². The fourth-order valence-electron chi connectivity index (χ4n) is 2.13. The zero-order chi connectivity index (χ0) is 11.1. The molecule has 0 aromatic heterocycles. The lowest BCUT2D eigenvalue weighted by molar-refractivity contribution is -0.148. The van der Waals surface area contributed by atoms with E-state index in [2.05, 4.69) is 22.6 Å². The Labute approximate surface area is 107 Å². The predicted octanol–water partition coefficient (Wildman–Crippen LogP) is 2.84. The normalized spacial score (nSPS) is 30.8. The van der Waals surface area contributed by atoms with Gasteiger partial charge in [0, 0.05) is 9.15 Å². The summed E-state index contributed by atoms with van der Waals surface area (Å²) < 4.78 is 6.52. The molecule has 0 amide bonds. The average Bonchev–Trinajstić information content (AvgIpc) is 2.29. The second kappa shape index (κ2) is 3.73. The van der Waals surface area contributed by atoms with Crippen LogP contribution in [-0.4, -0.2) is 12.1 Å². The second-order valence-electron chi connectivity index (χ2n) is 3.87. The summed E-state index contributed by atoms with van der Waals surface area (Å²) in [6, 6.07) is 0. The molecule has 3 heteroatoms. The zero-order valence-electron chi connectivity index (χ0n) is 8.39. The fourth-order valence-corrected chi connectivity index (χ4v) is 2.64. The highest BCUT2D eigenvalue weighted by atomic mass is 127. The van der Waals surface area contributed by atoms with Crippen LogP contribution >= 0.6 is 22.6 Å². The van der Waals surface area contributed by atoms with Crippen LogP contribution in [0.2, 0.25) is 0 Å². The van der Waals surface area contributed by atoms with E-state index in [0.717, 1.165) is 14.7 Å². The van der Waals surface area contributed by atoms with Crippen LogP contribution in [0, 0.1) is 5.92 Å². The zero-order valence-corrected chi connectivity index (χ0v) is 10.5. The second-order valence-corrected chi connectivity index (χ2v) is 5.12. The Kier molecular flexibility index (Phi) is 2.35. The van der Waals surface area contributed by atoms with E-state index in [1.54, 1.807) is 0 Å². The Morgan fingerprint density at radius 2 is 2.00 bits per heavy atom. The number of carbonyl (C=O) groups excluding carboxylic acids is 1. The van der Waals surface area contributed by atoms with E-state index in [-0.39, 0.29) is 18.0 Å². The van der Waals surface area contributed by atoms with Crippen LogP contribution in [0.3, 0.4) is 0 Å². The highest BCUT2D eigenvalue weighted by Gasteiger charge is 2.34. The summed E-state index contributed by atoms with van der Waals surface area (Å²) in [6.07, 6.45) is 13.6. The van der Waals surface area contributed by atoms with Crippen LogP contribution in [0.1, 0.15) is 0 Å². The minimum absolute atomic E-state index is 0.153. The van der Waals surface area contributed by atoms with E-state index in [9.17, 15) is 4.79 Å². The third-order valence-corrected chi connectivity index (χ3v) is 3.61. The third kappa shape index (κ3) is 1.50. The van der Waals surface area contributed by atoms with E-state index in [0.29, 0.717) is 0 Å². The van der Waals surface area contributed by atoms with E-state index in [1.165, 1.54) is 0 Å². The number of hydrogen-bond acceptors (Lipinski definition) is 2.